The van der Waals surface area contributed by atoms with Crippen molar-refractivity contribution in [1.29, 1.82) is 0 Å². The van der Waals surface area contributed by atoms with Crippen molar-refractivity contribution in [3.63, 3.8) is 0 Å². The summed E-state index contributed by atoms with van der Waals surface area (Å²) in [5, 5.41) is 4.56. The molecule has 1 rings (SSSR count). The largest absolute Gasteiger partial charge is 0.382 e. The minimum Gasteiger partial charge on any atom is -0.369 e. The molecule has 0 spiro atoms. The fourth-order valence-corrected chi connectivity index (χ4v) is 1.51. The third kappa shape index (κ3) is 4.21. The van der Waals surface area contributed by atoms with Crippen LogP contribution in [0.3, 0.4) is 0 Å². The predicted octanol–water partition coefficient (Wildman–Crippen LogP) is -0.925. The van der Waals surface area contributed by atoms with E-state index in [1.807, 2.05) is 0 Å². The molecule has 17 heavy (non-hydrogen) atoms. The third-order valence-electron chi connectivity index (χ3n) is 1.79. The maximum Gasteiger partial charge on any atom is 0.382 e. The molecule has 92 valence electrons. The molecule has 0 radical (unpaired) electrons. The lowest BCUT2D eigenvalue weighted by atomic mass is 10.0. The van der Waals surface area contributed by atoms with Gasteiger partial charge in [0.2, 0.25) is 5.91 Å². The molecule has 4 N–H and O–H groups in total. The Labute approximate surface area is 97.6 Å². The highest BCUT2D eigenvalue weighted by molar-refractivity contribution is 7.84. The second kappa shape index (κ2) is 4.93. The highest BCUT2D eigenvalue weighted by atomic mass is 32.2. The molecule has 0 aliphatic carbocycles. The Morgan fingerprint density at radius 1 is 1.24 bits per heavy atom. The number of rotatable bonds is 4. The van der Waals surface area contributed by atoms with Crippen molar-refractivity contribution in [3.8, 4) is 0 Å². The maximum atomic E-state index is 11.4. The van der Waals surface area contributed by atoms with Gasteiger partial charge in [-0.05, 0) is 11.6 Å². The zero-order valence-corrected chi connectivity index (χ0v) is 9.44. The van der Waals surface area contributed by atoms with Crippen molar-refractivity contribution in [2.45, 2.75) is 6.42 Å². The van der Waals surface area contributed by atoms with Crippen LogP contribution in [0.15, 0.2) is 24.3 Å². The highest BCUT2D eigenvalue weighted by Gasteiger charge is 2.18. The van der Waals surface area contributed by atoms with Crippen molar-refractivity contribution in [3.05, 3.63) is 35.4 Å². The van der Waals surface area contributed by atoms with E-state index in [-0.39, 0.29) is 17.5 Å². The minimum absolute atomic E-state index is 0.0691. The van der Waals surface area contributed by atoms with Gasteiger partial charge in [-0.15, -0.1) is 0 Å². The first-order chi connectivity index (χ1) is 7.79. The second-order valence-corrected chi connectivity index (χ2v) is 4.32. The van der Waals surface area contributed by atoms with Gasteiger partial charge in [-0.1, -0.05) is 18.2 Å². The molecule has 0 aliphatic heterocycles. The molecule has 0 heterocycles. The van der Waals surface area contributed by atoms with Gasteiger partial charge < -0.3 is 9.92 Å². The van der Waals surface area contributed by atoms with Crippen LogP contribution in [-0.2, 0) is 25.7 Å². The van der Waals surface area contributed by atoms with E-state index in [2.05, 4.69) is 9.32 Å². The van der Waals surface area contributed by atoms with E-state index in [0.717, 1.165) is 0 Å². The number of nitrogens with two attached hydrogens (primary N) is 2. The van der Waals surface area contributed by atoms with Gasteiger partial charge in [0.25, 0.3) is 0 Å². The monoisotopic (exact) mass is 258 g/mol. The number of hydrogen-bond donors (Lipinski definition) is 2. The van der Waals surface area contributed by atoms with Crippen LogP contribution in [0.25, 0.3) is 0 Å². The van der Waals surface area contributed by atoms with Gasteiger partial charge in [0.05, 0.1) is 12.0 Å². The Kier molecular flexibility index (Phi) is 3.81. The van der Waals surface area contributed by atoms with Crippen LogP contribution < -0.4 is 10.9 Å². The van der Waals surface area contributed by atoms with Crippen molar-refractivity contribution < 1.29 is 22.2 Å². The van der Waals surface area contributed by atoms with Crippen molar-refractivity contribution in [1.82, 2.24) is 0 Å². The lowest BCUT2D eigenvalue weighted by Gasteiger charge is -2.06. The summed E-state index contributed by atoms with van der Waals surface area (Å²) in [5.74, 6) is -1.80. The topological polar surface area (TPSA) is 130 Å². The van der Waals surface area contributed by atoms with Crippen LogP contribution in [-0.4, -0.2) is 20.3 Å². The molecule has 8 heteroatoms. The van der Waals surface area contributed by atoms with E-state index in [9.17, 15) is 18.0 Å². The Morgan fingerprint density at radius 2 is 1.82 bits per heavy atom. The summed E-state index contributed by atoms with van der Waals surface area (Å²) in [6, 6.07) is 5.84. The molecule has 0 fully saturated rings. The van der Waals surface area contributed by atoms with Crippen LogP contribution in [0.4, 0.5) is 0 Å². The first-order valence-electron chi connectivity index (χ1n) is 4.42. The van der Waals surface area contributed by atoms with Crippen molar-refractivity contribution >= 4 is 22.2 Å². The fourth-order valence-electron chi connectivity index (χ4n) is 1.21. The third-order valence-corrected chi connectivity index (χ3v) is 2.18. The molecule has 0 bridgehead atoms. The fraction of sp³-hybridized carbons (Fsp3) is 0.111. The molecule has 0 unspecified atom stereocenters. The molecule has 0 aliphatic rings. The van der Waals surface area contributed by atoms with Gasteiger partial charge >= 0.3 is 16.3 Å². The molecule has 0 saturated carbocycles. The Hall–Kier alpha value is -1.93. The lowest BCUT2D eigenvalue weighted by Crippen LogP contribution is -2.22. The molecule has 7 nitrogen and oxygen atoms in total. The van der Waals surface area contributed by atoms with Crippen LogP contribution in [0.5, 0.6) is 0 Å². The molecule has 1 aromatic rings. The number of carbonyl (C=O) groups is 2. The first-order valence-corrected chi connectivity index (χ1v) is 5.89. The molecule has 0 aromatic heterocycles. The number of hydrogen-bond acceptors (Lipinski definition) is 5. The molecular formula is C9H10N2O5S. The van der Waals surface area contributed by atoms with E-state index in [0.29, 0.717) is 0 Å². The molecule has 1 aromatic carbocycles. The van der Waals surface area contributed by atoms with Gasteiger partial charge in [0.1, 0.15) is 0 Å². The normalized spacial score (nSPS) is 10.9. The zero-order valence-electron chi connectivity index (χ0n) is 8.62. The molecule has 1 amide bonds. The van der Waals surface area contributed by atoms with Crippen molar-refractivity contribution in [2.75, 3.05) is 0 Å². The smallest absolute Gasteiger partial charge is 0.369 e. The van der Waals surface area contributed by atoms with E-state index in [1.54, 1.807) is 6.07 Å². The summed E-state index contributed by atoms with van der Waals surface area (Å²) < 4.78 is 25.2. The summed E-state index contributed by atoms with van der Waals surface area (Å²) >= 11 is 0. The van der Waals surface area contributed by atoms with Crippen LogP contribution >= 0.6 is 0 Å². The SMILES string of the molecule is NC(=O)Cc1ccccc1C(=O)OS(N)(=O)=O. The molecular weight excluding hydrogens is 248 g/mol. The summed E-state index contributed by atoms with van der Waals surface area (Å²) in [7, 11) is -4.38. The van der Waals surface area contributed by atoms with Gasteiger partial charge in [-0.3, -0.25) is 4.79 Å². The van der Waals surface area contributed by atoms with E-state index in [4.69, 9.17) is 5.73 Å². The summed E-state index contributed by atoms with van der Waals surface area (Å²) in [4.78, 5) is 22.2. The van der Waals surface area contributed by atoms with Crippen molar-refractivity contribution in [2.24, 2.45) is 10.9 Å². The average Bonchev–Trinajstić information content (AvgIpc) is 2.14. The van der Waals surface area contributed by atoms with Crippen LogP contribution in [0.1, 0.15) is 15.9 Å². The van der Waals surface area contributed by atoms with Crippen LogP contribution in [0, 0.1) is 0 Å². The van der Waals surface area contributed by atoms with E-state index >= 15 is 0 Å². The summed E-state index contributed by atoms with van der Waals surface area (Å²) in [6.45, 7) is 0. The number of primary amides is 1. The van der Waals surface area contributed by atoms with Gasteiger partial charge in [-0.2, -0.15) is 13.6 Å². The summed E-state index contributed by atoms with van der Waals surface area (Å²) in [6.07, 6.45) is -0.199. The average molecular weight is 258 g/mol. The summed E-state index contributed by atoms with van der Waals surface area (Å²) in [5.41, 5.74) is 5.19. The van der Waals surface area contributed by atoms with Crippen LogP contribution in [0.2, 0.25) is 0 Å². The Bertz CT molecular complexity index is 552. The molecule has 0 atom stereocenters. The van der Waals surface area contributed by atoms with Gasteiger partial charge in [-0.25, -0.2) is 4.79 Å². The van der Waals surface area contributed by atoms with Gasteiger partial charge in [0, 0.05) is 0 Å². The first kappa shape index (κ1) is 13.1. The highest BCUT2D eigenvalue weighted by Crippen LogP contribution is 2.11. The quantitative estimate of drug-likeness (QED) is 0.721. The zero-order chi connectivity index (χ0) is 13.1. The second-order valence-electron chi connectivity index (χ2n) is 3.16. The van der Waals surface area contributed by atoms with E-state index < -0.39 is 22.2 Å². The number of benzene rings is 1. The minimum atomic E-state index is -4.38. The predicted molar refractivity (Wildman–Crippen MR) is 57.9 cm³/mol. The standard InChI is InChI=1S/C9H10N2O5S/c10-8(12)5-6-3-1-2-4-7(6)9(13)16-17(11,14)15/h1-4H,5H2,(H2,10,12)(H2,11,14,15). The molecule has 0 saturated heterocycles. The van der Waals surface area contributed by atoms with Gasteiger partial charge in [0.15, 0.2) is 0 Å². The lowest BCUT2D eigenvalue weighted by molar-refractivity contribution is -0.117. The Balaban J connectivity index is 3.05. The number of carbonyl (C=O) groups excluding carboxylic acids is 2. The maximum absolute atomic E-state index is 11.4. The van der Waals surface area contributed by atoms with E-state index in [1.165, 1.54) is 18.2 Å². The Morgan fingerprint density at radius 3 is 2.35 bits per heavy atom. The number of amides is 1.